The summed E-state index contributed by atoms with van der Waals surface area (Å²) in [7, 11) is -3.04. The second-order valence-electron chi connectivity index (χ2n) is 7.42. The minimum Gasteiger partial charge on any atom is -0.744 e. The van der Waals surface area contributed by atoms with Crippen LogP contribution in [0, 0.1) is 0 Å². The topological polar surface area (TPSA) is 113 Å². The van der Waals surface area contributed by atoms with Crippen LogP contribution in [0.3, 0.4) is 0 Å². The van der Waals surface area contributed by atoms with Crippen LogP contribution in [0.1, 0.15) is 11.1 Å². The van der Waals surface area contributed by atoms with E-state index in [-0.39, 0.29) is 10.5 Å². The van der Waals surface area contributed by atoms with E-state index in [1.54, 1.807) is 24.3 Å². The molecule has 0 unspecified atom stereocenters. The number of nitrogens with zero attached hydrogens (tertiary/aromatic N) is 1. The number of benzene rings is 3. The predicted molar refractivity (Wildman–Crippen MR) is 126 cm³/mol. The number of rotatable bonds is 7. The fourth-order valence-corrected chi connectivity index (χ4v) is 3.85. The van der Waals surface area contributed by atoms with Crippen molar-refractivity contribution < 1.29 is 22.4 Å². The van der Waals surface area contributed by atoms with E-state index in [1.807, 2.05) is 30.3 Å². The zero-order chi connectivity index (χ0) is 24.3. The third kappa shape index (κ3) is 4.95. The van der Waals surface area contributed by atoms with Crippen LogP contribution in [0.25, 0.3) is 18.3 Å². The molecule has 9 heteroatoms. The third-order valence-corrected chi connectivity index (χ3v) is 5.97. The molecule has 0 radical (unpaired) electrons. The number of nitrogens with one attached hydrogen (secondary N) is 1. The first-order valence-electron chi connectivity index (χ1n) is 10.2. The van der Waals surface area contributed by atoms with E-state index in [1.165, 1.54) is 23.9 Å². The Kier molecular flexibility index (Phi) is 6.40. The van der Waals surface area contributed by atoms with Gasteiger partial charge in [0.25, 0.3) is 5.56 Å². The van der Waals surface area contributed by atoms with Crippen molar-refractivity contribution in [1.82, 2.24) is 9.78 Å². The van der Waals surface area contributed by atoms with Crippen LogP contribution in [0.5, 0.6) is 11.5 Å². The molecule has 0 aliphatic heterocycles. The lowest BCUT2D eigenvalue weighted by Gasteiger charge is -2.11. The smallest absolute Gasteiger partial charge is 0.279 e. The number of ether oxygens (including phenoxy) is 2. The minimum atomic E-state index is -4.57. The van der Waals surface area contributed by atoms with Gasteiger partial charge in [-0.3, -0.25) is 9.89 Å². The Morgan fingerprint density at radius 1 is 1.03 bits per heavy atom. The molecule has 34 heavy (non-hydrogen) atoms. The van der Waals surface area contributed by atoms with Crippen molar-refractivity contribution in [3.8, 4) is 17.2 Å². The maximum absolute atomic E-state index is 13.0. The van der Waals surface area contributed by atoms with E-state index in [9.17, 15) is 17.8 Å². The molecule has 0 saturated heterocycles. The number of aromatic amines is 1. The molecular weight excluding hydrogens is 456 g/mol. The Morgan fingerprint density at radius 2 is 1.74 bits per heavy atom. The molecule has 0 spiro atoms. The average molecular weight is 478 g/mol. The van der Waals surface area contributed by atoms with Gasteiger partial charge in [0, 0.05) is 0 Å². The van der Waals surface area contributed by atoms with Crippen LogP contribution in [0.15, 0.2) is 82.5 Å². The molecule has 0 aliphatic rings. The second kappa shape index (κ2) is 9.42. The highest BCUT2D eigenvalue weighted by Gasteiger charge is 2.09. The number of hydrogen-bond donors (Lipinski definition) is 1. The lowest BCUT2D eigenvalue weighted by molar-refractivity contribution is 0.284. The van der Waals surface area contributed by atoms with Gasteiger partial charge < -0.3 is 14.0 Å². The standard InChI is InChI=1S/C25H22N2O6S/c1-17-22(25(28)27(26-17)20-9-11-21(12-10-20)34(29,30)31)14-19-8-13-23(24(15-19)32-2)33-16-18-6-4-3-5-7-18/h3-15,26H,1,16H2,2H3,(H,29,30,31)/p-1/b22-14-. The van der Waals surface area contributed by atoms with Crippen molar-refractivity contribution in [3.63, 3.8) is 0 Å². The first-order valence-corrected chi connectivity index (χ1v) is 11.6. The van der Waals surface area contributed by atoms with Gasteiger partial charge in [0.2, 0.25) is 0 Å². The number of hydrogen-bond acceptors (Lipinski definition) is 6. The molecule has 174 valence electrons. The summed E-state index contributed by atoms with van der Waals surface area (Å²) in [6, 6.07) is 20.1. The summed E-state index contributed by atoms with van der Waals surface area (Å²) < 4.78 is 46.0. The van der Waals surface area contributed by atoms with Gasteiger partial charge in [-0.15, -0.1) is 0 Å². The first-order chi connectivity index (χ1) is 16.3. The Labute approximate surface area is 195 Å². The van der Waals surface area contributed by atoms with Crippen molar-refractivity contribution in [3.05, 3.63) is 105 Å². The summed E-state index contributed by atoms with van der Waals surface area (Å²) in [4.78, 5) is 12.6. The molecule has 0 bridgehead atoms. The minimum absolute atomic E-state index is 0.320. The Hall–Kier alpha value is -4.08. The van der Waals surface area contributed by atoms with Crippen molar-refractivity contribution in [2.75, 3.05) is 7.11 Å². The molecule has 8 nitrogen and oxygen atoms in total. The zero-order valence-corrected chi connectivity index (χ0v) is 19.0. The van der Waals surface area contributed by atoms with Gasteiger partial charge in [0.1, 0.15) is 16.7 Å². The van der Waals surface area contributed by atoms with Gasteiger partial charge >= 0.3 is 0 Å². The molecule has 4 aromatic rings. The van der Waals surface area contributed by atoms with E-state index in [0.29, 0.717) is 39.9 Å². The molecule has 1 aromatic heterocycles. The van der Waals surface area contributed by atoms with Gasteiger partial charge in [-0.1, -0.05) is 43.0 Å². The van der Waals surface area contributed by atoms with Crippen LogP contribution >= 0.6 is 0 Å². The Bertz CT molecular complexity index is 1590. The maximum Gasteiger partial charge on any atom is 0.279 e. The van der Waals surface area contributed by atoms with E-state index < -0.39 is 10.1 Å². The number of methoxy groups -OCH3 is 1. The summed E-state index contributed by atoms with van der Waals surface area (Å²) >= 11 is 0. The van der Waals surface area contributed by atoms with Crippen molar-refractivity contribution in [1.29, 1.82) is 0 Å². The maximum atomic E-state index is 13.0. The van der Waals surface area contributed by atoms with E-state index in [0.717, 1.165) is 17.7 Å². The van der Waals surface area contributed by atoms with Crippen molar-refractivity contribution >= 4 is 22.8 Å². The van der Waals surface area contributed by atoms with Crippen LogP contribution in [-0.2, 0) is 16.7 Å². The summed E-state index contributed by atoms with van der Waals surface area (Å²) in [5.41, 5.74) is 1.70. The van der Waals surface area contributed by atoms with E-state index in [2.05, 4.69) is 11.7 Å². The number of aromatic nitrogens is 2. The fourth-order valence-electron chi connectivity index (χ4n) is 3.38. The Morgan fingerprint density at radius 3 is 2.38 bits per heavy atom. The van der Waals surface area contributed by atoms with Crippen LogP contribution in [-0.4, -0.2) is 29.9 Å². The van der Waals surface area contributed by atoms with Gasteiger partial charge in [-0.05, 0) is 53.6 Å². The summed E-state index contributed by atoms with van der Waals surface area (Å²) in [6.45, 7) is 4.28. The lowest BCUT2D eigenvalue weighted by Crippen LogP contribution is -2.33. The zero-order valence-electron chi connectivity index (χ0n) is 18.2. The predicted octanol–water partition coefficient (Wildman–Crippen LogP) is 1.90. The highest BCUT2D eigenvalue weighted by molar-refractivity contribution is 7.85. The molecular formula is C25H21N2O6S-. The fraction of sp³-hybridized carbons (Fsp3) is 0.0800. The summed E-state index contributed by atoms with van der Waals surface area (Å²) in [5.74, 6) is 1.08. The largest absolute Gasteiger partial charge is 0.744 e. The lowest BCUT2D eigenvalue weighted by atomic mass is 10.1. The highest BCUT2D eigenvalue weighted by atomic mass is 32.2. The molecule has 0 fully saturated rings. The molecule has 0 aliphatic carbocycles. The highest BCUT2D eigenvalue weighted by Crippen LogP contribution is 2.29. The van der Waals surface area contributed by atoms with Gasteiger partial charge in [-0.2, -0.15) is 0 Å². The van der Waals surface area contributed by atoms with Gasteiger partial charge in [0.05, 0.1) is 28.3 Å². The average Bonchev–Trinajstić information content (AvgIpc) is 3.11. The Balaban J connectivity index is 1.65. The van der Waals surface area contributed by atoms with Crippen LogP contribution in [0.4, 0.5) is 0 Å². The molecule has 4 rings (SSSR count). The van der Waals surface area contributed by atoms with Crippen molar-refractivity contribution in [2.45, 2.75) is 11.5 Å². The van der Waals surface area contributed by atoms with E-state index >= 15 is 0 Å². The van der Waals surface area contributed by atoms with Gasteiger partial charge in [0.15, 0.2) is 11.5 Å². The van der Waals surface area contributed by atoms with Crippen LogP contribution in [0.2, 0.25) is 0 Å². The summed E-state index contributed by atoms with van der Waals surface area (Å²) in [5, 5.41) is 3.55. The monoisotopic (exact) mass is 477 g/mol. The normalized spacial score (nSPS) is 12.0. The van der Waals surface area contributed by atoms with Crippen molar-refractivity contribution in [2.24, 2.45) is 0 Å². The SMILES string of the molecule is C=c1[nH]n(-c2ccc(S(=O)(=O)[O-])cc2)c(=O)/c1=C\c1ccc(OCc2ccccc2)c(OC)c1. The number of H-pyrrole nitrogens is 1. The molecule has 0 atom stereocenters. The molecule has 0 saturated carbocycles. The summed E-state index contributed by atoms with van der Waals surface area (Å²) in [6.07, 6.45) is 1.66. The quantitative estimate of drug-likeness (QED) is 0.407. The third-order valence-electron chi connectivity index (χ3n) is 5.12. The molecule has 1 heterocycles. The molecule has 1 N–H and O–H groups in total. The second-order valence-corrected chi connectivity index (χ2v) is 8.80. The molecule has 3 aromatic carbocycles. The van der Waals surface area contributed by atoms with Crippen LogP contribution < -0.4 is 25.6 Å². The first kappa shape index (κ1) is 23.1. The van der Waals surface area contributed by atoms with E-state index in [4.69, 9.17) is 9.47 Å². The molecule has 0 amide bonds. The van der Waals surface area contributed by atoms with Gasteiger partial charge in [-0.25, -0.2) is 13.1 Å².